The first-order valence-electron chi connectivity index (χ1n) is 10.3. The van der Waals surface area contributed by atoms with Crippen LogP contribution in [0, 0.1) is 0 Å². The minimum Gasteiger partial charge on any atom is -0.351 e. The molecule has 1 aromatic heterocycles. The third-order valence-electron chi connectivity index (χ3n) is 5.65. The molecule has 2 amide bonds. The molecule has 2 saturated heterocycles. The molecule has 0 saturated carbocycles. The molecule has 160 valence electrons. The Morgan fingerprint density at radius 3 is 2.55 bits per heavy atom. The number of amides is 2. The number of rotatable bonds is 6. The minimum atomic E-state index is -3.20. The number of likely N-dealkylation sites (tertiary alicyclic amines) is 1. The van der Waals surface area contributed by atoms with E-state index in [1.165, 1.54) is 23.2 Å². The van der Waals surface area contributed by atoms with Gasteiger partial charge in [0.1, 0.15) is 0 Å². The molecular weight excluding hydrogens is 392 g/mol. The summed E-state index contributed by atoms with van der Waals surface area (Å²) in [6, 6.07) is 3.51. The fourth-order valence-corrected chi connectivity index (χ4v) is 4.86. The van der Waals surface area contributed by atoms with Gasteiger partial charge in [-0.25, -0.2) is 12.7 Å². The Bertz CT molecular complexity index is 819. The van der Waals surface area contributed by atoms with E-state index in [1.807, 2.05) is 4.90 Å². The first-order chi connectivity index (χ1) is 13.8. The zero-order valence-corrected chi connectivity index (χ0v) is 17.8. The highest BCUT2D eigenvalue weighted by molar-refractivity contribution is 7.88. The predicted octanol–water partition coefficient (Wildman–Crippen LogP) is 1.35. The highest BCUT2D eigenvalue weighted by atomic mass is 32.2. The summed E-state index contributed by atoms with van der Waals surface area (Å²) in [5.41, 5.74) is 1.24. The van der Waals surface area contributed by atoms with Crippen molar-refractivity contribution in [1.82, 2.24) is 19.5 Å². The highest BCUT2D eigenvalue weighted by Gasteiger charge is 2.27. The molecule has 0 aromatic carbocycles. The van der Waals surface area contributed by atoms with E-state index in [9.17, 15) is 18.0 Å². The van der Waals surface area contributed by atoms with E-state index >= 15 is 0 Å². The maximum absolute atomic E-state index is 12.3. The van der Waals surface area contributed by atoms with Crippen molar-refractivity contribution in [1.29, 1.82) is 0 Å². The van der Waals surface area contributed by atoms with Crippen LogP contribution >= 0.6 is 0 Å². The van der Waals surface area contributed by atoms with Gasteiger partial charge in [-0.2, -0.15) is 0 Å². The normalized spacial score (nSPS) is 21.0. The van der Waals surface area contributed by atoms with Gasteiger partial charge in [-0.3, -0.25) is 14.6 Å². The van der Waals surface area contributed by atoms with Crippen molar-refractivity contribution in [2.75, 3.05) is 39.0 Å². The molecular formula is C20H30N4O4S. The van der Waals surface area contributed by atoms with Crippen molar-refractivity contribution in [3.8, 4) is 0 Å². The molecule has 1 aromatic rings. The fraction of sp³-hybridized carbons (Fsp3) is 0.650. The average Bonchev–Trinajstić information content (AvgIpc) is 2.74. The lowest BCUT2D eigenvalue weighted by molar-refractivity contribution is -0.131. The third kappa shape index (κ3) is 5.99. The van der Waals surface area contributed by atoms with Crippen LogP contribution in [0.5, 0.6) is 0 Å². The summed E-state index contributed by atoms with van der Waals surface area (Å²) in [5.74, 6) is -0.124. The zero-order chi connectivity index (χ0) is 20.9. The maximum Gasteiger partial charge on any atom is 0.252 e. The van der Waals surface area contributed by atoms with E-state index in [1.54, 1.807) is 12.1 Å². The van der Waals surface area contributed by atoms with E-state index in [-0.39, 0.29) is 17.7 Å². The lowest BCUT2D eigenvalue weighted by Gasteiger charge is -2.30. The van der Waals surface area contributed by atoms with Crippen LogP contribution in [-0.2, 0) is 14.8 Å². The molecule has 2 aliphatic heterocycles. The Labute approximate surface area is 172 Å². The number of hydrogen-bond acceptors (Lipinski definition) is 5. The first kappa shape index (κ1) is 21.7. The summed E-state index contributed by atoms with van der Waals surface area (Å²) in [6.45, 7) is 2.91. The molecule has 2 fully saturated rings. The summed E-state index contributed by atoms with van der Waals surface area (Å²) < 4.78 is 25.1. The molecule has 0 spiro atoms. The van der Waals surface area contributed by atoms with Gasteiger partial charge >= 0.3 is 0 Å². The lowest BCUT2D eigenvalue weighted by atomic mass is 9.95. The maximum atomic E-state index is 12.3. The Kier molecular flexibility index (Phi) is 7.23. The average molecular weight is 423 g/mol. The molecule has 3 rings (SSSR count). The number of hydrogen-bond donors (Lipinski definition) is 1. The fourth-order valence-electron chi connectivity index (χ4n) is 3.95. The van der Waals surface area contributed by atoms with Crippen molar-refractivity contribution in [3.05, 3.63) is 29.6 Å². The van der Waals surface area contributed by atoms with Crippen molar-refractivity contribution in [2.24, 2.45) is 0 Å². The highest BCUT2D eigenvalue weighted by Crippen LogP contribution is 2.26. The second-order valence-corrected chi connectivity index (χ2v) is 9.86. The Hall–Kier alpha value is -2.00. The van der Waals surface area contributed by atoms with Crippen LogP contribution in [0.25, 0.3) is 0 Å². The SMILES string of the molecule is CS(=O)(=O)N1CCC[C@@H](c2ccc(C(=O)NCCC(=O)N3CCCCC3)cn2)C1. The molecule has 2 aliphatic rings. The second-order valence-electron chi connectivity index (χ2n) is 7.88. The van der Waals surface area contributed by atoms with Gasteiger partial charge < -0.3 is 10.2 Å². The molecule has 0 unspecified atom stereocenters. The first-order valence-corrected chi connectivity index (χ1v) is 12.2. The van der Waals surface area contributed by atoms with Gasteiger partial charge in [0.2, 0.25) is 15.9 Å². The predicted molar refractivity (Wildman–Crippen MR) is 110 cm³/mol. The van der Waals surface area contributed by atoms with Crippen LogP contribution in [0.1, 0.15) is 60.5 Å². The van der Waals surface area contributed by atoms with Crippen molar-refractivity contribution >= 4 is 21.8 Å². The molecule has 29 heavy (non-hydrogen) atoms. The topological polar surface area (TPSA) is 99.7 Å². The minimum absolute atomic E-state index is 0.0396. The number of nitrogens with one attached hydrogen (secondary N) is 1. The van der Waals surface area contributed by atoms with Gasteiger partial charge in [-0.15, -0.1) is 0 Å². The standard InChI is InChI=1S/C20H30N4O4S/c1-29(27,28)24-13-5-6-17(15-24)18-8-7-16(14-22-18)20(26)21-10-9-19(25)23-11-3-2-4-12-23/h7-8,14,17H,2-6,9-13,15H2,1H3,(H,21,26)/t17-/m1/s1. The Morgan fingerprint density at radius 2 is 1.90 bits per heavy atom. The van der Waals surface area contributed by atoms with E-state index in [2.05, 4.69) is 10.3 Å². The van der Waals surface area contributed by atoms with Crippen LogP contribution in [0.3, 0.4) is 0 Å². The molecule has 0 aliphatic carbocycles. The van der Waals surface area contributed by atoms with Crippen molar-refractivity contribution in [3.63, 3.8) is 0 Å². The lowest BCUT2D eigenvalue weighted by Crippen LogP contribution is -2.38. The number of sulfonamides is 1. The molecule has 1 N–H and O–H groups in total. The number of carbonyl (C=O) groups is 2. The van der Waals surface area contributed by atoms with Gasteiger partial charge in [0.05, 0.1) is 11.8 Å². The number of piperidine rings is 2. The van der Waals surface area contributed by atoms with E-state index in [4.69, 9.17) is 0 Å². The van der Waals surface area contributed by atoms with Gasteiger partial charge in [0.25, 0.3) is 5.91 Å². The summed E-state index contributed by atoms with van der Waals surface area (Å²) in [4.78, 5) is 30.7. The summed E-state index contributed by atoms with van der Waals surface area (Å²) >= 11 is 0. The van der Waals surface area contributed by atoms with Crippen LogP contribution < -0.4 is 5.32 Å². The Balaban J connectivity index is 1.49. The van der Waals surface area contributed by atoms with Crippen molar-refractivity contribution in [2.45, 2.75) is 44.4 Å². The van der Waals surface area contributed by atoms with Crippen LogP contribution in [0.4, 0.5) is 0 Å². The zero-order valence-electron chi connectivity index (χ0n) is 17.0. The summed E-state index contributed by atoms with van der Waals surface area (Å²) in [5, 5.41) is 2.78. The van der Waals surface area contributed by atoms with Crippen LogP contribution in [0.2, 0.25) is 0 Å². The quantitative estimate of drug-likeness (QED) is 0.746. The van der Waals surface area contributed by atoms with Gasteiger partial charge in [-0.05, 0) is 44.2 Å². The van der Waals surface area contributed by atoms with E-state index in [0.29, 0.717) is 31.6 Å². The monoisotopic (exact) mass is 422 g/mol. The molecule has 0 bridgehead atoms. The van der Waals surface area contributed by atoms with Gasteiger partial charge in [-0.1, -0.05) is 0 Å². The second kappa shape index (κ2) is 9.67. The van der Waals surface area contributed by atoms with E-state index < -0.39 is 10.0 Å². The Morgan fingerprint density at radius 1 is 1.14 bits per heavy atom. The van der Waals surface area contributed by atoms with Crippen LogP contribution in [-0.4, -0.2) is 73.4 Å². The number of carbonyl (C=O) groups excluding carboxylic acids is 2. The smallest absolute Gasteiger partial charge is 0.252 e. The molecule has 8 nitrogen and oxygen atoms in total. The molecule has 0 radical (unpaired) electrons. The third-order valence-corrected chi connectivity index (χ3v) is 6.92. The van der Waals surface area contributed by atoms with Crippen molar-refractivity contribution < 1.29 is 18.0 Å². The molecule has 1 atom stereocenters. The summed E-state index contributed by atoms with van der Waals surface area (Å²) in [6.07, 6.45) is 8.02. The van der Waals surface area contributed by atoms with Crippen LogP contribution in [0.15, 0.2) is 18.3 Å². The number of pyridine rings is 1. The van der Waals surface area contributed by atoms with Gasteiger partial charge in [0.15, 0.2) is 0 Å². The largest absolute Gasteiger partial charge is 0.351 e. The van der Waals surface area contributed by atoms with Gasteiger partial charge in [0, 0.05) is 57.0 Å². The number of aromatic nitrogens is 1. The summed E-state index contributed by atoms with van der Waals surface area (Å²) in [7, 11) is -3.20. The molecule has 9 heteroatoms. The number of nitrogens with zero attached hydrogens (tertiary/aromatic N) is 3. The van der Waals surface area contributed by atoms with E-state index in [0.717, 1.165) is 44.5 Å². The molecule has 3 heterocycles.